The number of rotatable bonds is 1. The monoisotopic (exact) mass is 176 g/mol. The number of hydrogen-bond donors (Lipinski definition) is 1. The van der Waals surface area contributed by atoms with Crippen LogP contribution in [0.1, 0.15) is 24.5 Å². The van der Waals surface area contributed by atoms with E-state index in [2.05, 4.69) is 24.3 Å². The van der Waals surface area contributed by atoms with Crippen molar-refractivity contribution in [3.05, 3.63) is 35.4 Å². The molecule has 1 unspecified atom stereocenters. The Bertz CT molecular complexity index is 291. The van der Waals surface area contributed by atoms with Crippen LogP contribution in [0.3, 0.4) is 0 Å². The fourth-order valence-corrected chi connectivity index (χ4v) is 2.14. The molecular weight excluding hydrogens is 160 g/mol. The van der Waals surface area contributed by atoms with Crippen LogP contribution in [-0.4, -0.2) is 11.2 Å². The zero-order valence-electron chi connectivity index (χ0n) is 8.03. The van der Waals surface area contributed by atoms with Crippen LogP contribution in [0.4, 0.5) is 0 Å². The summed E-state index contributed by atoms with van der Waals surface area (Å²) in [5, 5.41) is 9.50. The van der Waals surface area contributed by atoms with E-state index in [1.54, 1.807) is 0 Å². The van der Waals surface area contributed by atoms with Crippen molar-refractivity contribution < 1.29 is 5.11 Å². The third-order valence-electron chi connectivity index (χ3n) is 3.07. The minimum atomic E-state index is -0.159. The standard InChI is InChI=1S/C12H16O/c1-9(13)11-7-6-10-4-2-3-5-12(10)8-11/h2-5,9,11,13H,6-8H2,1H3/t9-,11?/m0/s1. The lowest BCUT2D eigenvalue weighted by molar-refractivity contribution is 0.117. The maximum atomic E-state index is 9.50. The second-order valence-electron chi connectivity index (χ2n) is 4.01. The summed E-state index contributed by atoms with van der Waals surface area (Å²) < 4.78 is 0. The molecule has 0 aromatic heterocycles. The molecule has 1 nitrogen and oxygen atoms in total. The molecule has 1 aromatic carbocycles. The Morgan fingerprint density at radius 3 is 2.69 bits per heavy atom. The molecule has 1 heteroatoms. The van der Waals surface area contributed by atoms with E-state index in [1.165, 1.54) is 11.1 Å². The topological polar surface area (TPSA) is 20.2 Å². The van der Waals surface area contributed by atoms with Crippen molar-refractivity contribution in [2.45, 2.75) is 32.3 Å². The average molecular weight is 176 g/mol. The molecule has 1 aliphatic carbocycles. The molecule has 0 spiro atoms. The Hall–Kier alpha value is -0.820. The molecule has 1 aromatic rings. The second kappa shape index (κ2) is 3.51. The smallest absolute Gasteiger partial charge is 0.0543 e. The fourth-order valence-electron chi connectivity index (χ4n) is 2.14. The molecular formula is C12H16O. The van der Waals surface area contributed by atoms with Gasteiger partial charge in [0.25, 0.3) is 0 Å². The molecule has 0 aliphatic heterocycles. The number of benzene rings is 1. The van der Waals surface area contributed by atoms with Gasteiger partial charge in [0.1, 0.15) is 0 Å². The van der Waals surface area contributed by atoms with Crippen molar-refractivity contribution in [3.63, 3.8) is 0 Å². The molecule has 1 aliphatic rings. The van der Waals surface area contributed by atoms with Crippen molar-refractivity contribution in [1.82, 2.24) is 0 Å². The Morgan fingerprint density at radius 1 is 1.31 bits per heavy atom. The maximum Gasteiger partial charge on any atom is 0.0543 e. The van der Waals surface area contributed by atoms with Crippen molar-refractivity contribution in [3.8, 4) is 0 Å². The molecule has 0 bridgehead atoms. The molecule has 0 radical (unpaired) electrons. The second-order valence-corrected chi connectivity index (χ2v) is 4.01. The van der Waals surface area contributed by atoms with Gasteiger partial charge in [-0.3, -0.25) is 0 Å². The van der Waals surface area contributed by atoms with Gasteiger partial charge >= 0.3 is 0 Å². The molecule has 70 valence electrons. The summed E-state index contributed by atoms with van der Waals surface area (Å²) in [7, 11) is 0. The van der Waals surface area contributed by atoms with Gasteiger partial charge in [0, 0.05) is 0 Å². The summed E-state index contributed by atoms with van der Waals surface area (Å²) in [6, 6.07) is 8.57. The highest BCUT2D eigenvalue weighted by Gasteiger charge is 2.21. The number of aliphatic hydroxyl groups excluding tert-OH is 1. The molecule has 0 amide bonds. The number of aliphatic hydroxyl groups is 1. The van der Waals surface area contributed by atoms with Crippen LogP contribution in [0.5, 0.6) is 0 Å². The Morgan fingerprint density at radius 2 is 2.00 bits per heavy atom. The summed E-state index contributed by atoms with van der Waals surface area (Å²) in [6.07, 6.45) is 3.15. The number of hydrogen-bond acceptors (Lipinski definition) is 1. The van der Waals surface area contributed by atoms with E-state index in [-0.39, 0.29) is 6.10 Å². The van der Waals surface area contributed by atoms with E-state index < -0.39 is 0 Å². The molecule has 1 N–H and O–H groups in total. The largest absolute Gasteiger partial charge is 0.393 e. The lowest BCUT2D eigenvalue weighted by Crippen LogP contribution is -2.24. The SMILES string of the molecule is C[C@H](O)C1CCc2ccccc2C1. The minimum Gasteiger partial charge on any atom is -0.393 e. The molecule has 2 atom stereocenters. The molecule has 2 rings (SSSR count). The average Bonchev–Trinajstić information content (AvgIpc) is 2.17. The zero-order valence-corrected chi connectivity index (χ0v) is 8.03. The van der Waals surface area contributed by atoms with Gasteiger partial charge in [-0.25, -0.2) is 0 Å². The van der Waals surface area contributed by atoms with Crippen LogP contribution < -0.4 is 0 Å². The predicted octanol–water partition coefficient (Wildman–Crippen LogP) is 2.17. The van der Waals surface area contributed by atoms with Gasteiger partial charge in [0.2, 0.25) is 0 Å². The summed E-state index contributed by atoms with van der Waals surface area (Å²) in [6.45, 7) is 1.90. The van der Waals surface area contributed by atoms with Crippen molar-refractivity contribution in [1.29, 1.82) is 0 Å². The van der Waals surface area contributed by atoms with Crippen LogP contribution in [0.2, 0.25) is 0 Å². The normalized spacial score (nSPS) is 23.7. The van der Waals surface area contributed by atoms with Gasteiger partial charge in [-0.1, -0.05) is 24.3 Å². The minimum absolute atomic E-state index is 0.159. The third kappa shape index (κ3) is 1.75. The van der Waals surface area contributed by atoms with E-state index in [4.69, 9.17) is 0 Å². The van der Waals surface area contributed by atoms with E-state index in [0.717, 1.165) is 19.3 Å². The first-order valence-corrected chi connectivity index (χ1v) is 5.02. The van der Waals surface area contributed by atoms with Crippen LogP contribution in [0.25, 0.3) is 0 Å². The van der Waals surface area contributed by atoms with E-state index in [1.807, 2.05) is 6.92 Å². The highest BCUT2D eigenvalue weighted by molar-refractivity contribution is 5.29. The van der Waals surface area contributed by atoms with Gasteiger partial charge in [-0.15, -0.1) is 0 Å². The summed E-state index contributed by atoms with van der Waals surface area (Å²) in [5.74, 6) is 0.468. The van der Waals surface area contributed by atoms with Crippen molar-refractivity contribution >= 4 is 0 Å². The van der Waals surface area contributed by atoms with Crippen molar-refractivity contribution in [2.75, 3.05) is 0 Å². The Balaban J connectivity index is 2.20. The van der Waals surface area contributed by atoms with E-state index in [9.17, 15) is 5.11 Å². The zero-order chi connectivity index (χ0) is 9.26. The third-order valence-corrected chi connectivity index (χ3v) is 3.07. The lowest BCUT2D eigenvalue weighted by Gasteiger charge is -2.26. The molecule has 0 saturated carbocycles. The summed E-state index contributed by atoms with van der Waals surface area (Å²) >= 11 is 0. The fraction of sp³-hybridized carbons (Fsp3) is 0.500. The first kappa shape index (κ1) is 8.76. The lowest BCUT2D eigenvalue weighted by atomic mass is 9.81. The summed E-state index contributed by atoms with van der Waals surface area (Å²) in [5.41, 5.74) is 2.90. The first-order chi connectivity index (χ1) is 6.27. The predicted molar refractivity (Wildman–Crippen MR) is 53.6 cm³/mol. The molecule has 0 saturated heterocycles. The first-order valence-electron chi connectivity index (χ1n) is 5.02. The van der Waals surface area contributed by atoms with Gasteiger partial charge in [0.15, 0.2) is 0 Å². The molecule has 0 heterocycles. The van der Waals surface area contributed by atoms with Gasteiger partial charge in [-0.05, 0) is 43.2 Å². The van der Waals surface area contributed by atoms with Crippen LogP contribution >= 0.6 is 0 Å². The molecule has 13 heavy (non-hydrogen) atoms. The van der Waals surface area contributed by atoms with Crippen LogP contribution in [-0.2, 0) is 12.8 Å². The number of fused-ring (bicyclic) bond motifs is 1. The molecule has 0 fully saturated rings. The van der Waals surface area contributed by atoms with Gasteiger partial charge in [0.05, 0.1) is 6.10 Å². The van der Waals surface area contributed by atoms with Crippen molar-refractivity contribution in [2.24, 2.45) is 5.92 Å². The van der Waals surface area contributed by atoms with Gasteiger partial charge in [-0.2, -0.15) is 0 Å². The Labute approximate surface area is 79.4 Å². The van der Waals surface area contributed by atoms with Gasteiger partial charge < -0.3 is 5.11 Å². The summed E-state index contributed by atoms with van der Waals surface area (Å²) in [4.78, 5) is 0. The highest BCUT2D eigenvalue weighted by Crippen LogP contribution is 2.27. The van der Waals surface area contributed by atoms with Crippen LogP contribution in [0.15, 0.2) is 24.3 Å². The quantitative estimate of drug-likeness (QED) is 0.695. The van der Waals surface area contributed by atoms with E-state index in [0.29, 0.717) is 5.92 Å². The van der Waals surface area contributed by atoms with E-state index >= 15 is 0 Å². The van der Waals surface area contributed by atoms with Crippen LogP contribution in [0, 0.1) is 5.92 Å². The number of aryl methyl sites for hydroxylation is 1. The maximum absolute atomic E-state index is 9.50. The Kier molecular flexibility index (Phi) is 2.36. The highest BCUT2D eigenvalue weighted by atomic mass is 16.3.